The Hall–Kier alpha value is -4.30. The zero-order chi connectivity index (χ0) is 23.2. The molecule has 0 spiro atoms. The third-order valence-electron chi connectivity index (χ3n) is 5.65. The van der Waals surface area contributed by atoms with Gasteiger partial charge in [-0.3, -0.25) is 14.5 Å². The highest BCUT2D eigenvalue weighted by atomic mass is 32.1. The minimum Gasteiger partial charge on any atom is -0.457 e. The molecule has 3 aromatic carbocycles. The van der Waals surface area contributed by atoms with Crippen LogP contribution in [0.1, 0.15) is 32.7 Å². The molecule has 2 aromatic heterocycles. The van der Waals surface area contributed by atoms with Crippen molar-refractivity contribution in [2.75, 3.05) is 4.90 Å². The number of benzene rings is 3. The number of anilines is 1. The van der Waals surface area contributed by atoms with Gasteiger partial charge in [0.1, 0.15) is 22.1 Å². The van der Waals surface area contributed by atoms with Gasteiger partial charge in [-0.15, -0.1) is 10.2 Å². The Morgan fingerprint density at radius 2 is 1.68 bits per heavy atom. The molecule has 0 saturated heterocycles. The molecule has 0 saturated carbocycles. The quantitative estimate of drug-likeness (QED) is 0.347. The lowest BCUT2D eigenvalue weighted by Gasteiger charge is -2.22. The number of hydrogen-bond acceptors (Lipinski definition) is 7. The van der Waals surface area contributed by atoms with Gasteiger partial charge in [0, 0.05) is 0 Å². The molecular formula is C26H17N3O4S. The average Bonchev–Trinajstić information content (AvgIpc) is 3.41. The topological polar surface area (TPSA) is 85.5 Å². The van der Waals surface area contributed by atoms with Gasteiger partial charge in [0.25, 0.3) is 5.91 Å². The second kappa shape index (κ2) is 7.93. The van der Waals surface area contributed by atoms with Gasteiger partial charge in [-0.1, -0.05) is 53.8 Å². The van der Waals surface area contributed by atoms with Crippen LogP contribution in [-0.2, 0) is 0 Å². The van der Waals surface area contributed by atoms with Gasteiger partial charge in [0.2, 0.25) is 10.9 Å². The maximum absolute atomic E-state index is 13.6. The van der Waals surface area contributed by atoms with Gasteiger partial charge in [0.15, 0.2) is 5.43 Å². The number of hydrogen-bond donors (Lipinski definition) is 0. The first-order valence-electron chi connectivity index (χ1n) is 10.6. The van der Waals surface area contributed by atoms with Gasteiger partial charge >= 0.3 is 0 Å². The van der Waals surface area contributed by atoms with Gasteiger partial charge < -0.3 is 9.15 Å². The van der Waals surface area contributed by atoms with Crippen LogP contribution in [0.3, 0.4) is 0 Å². The van der Waals surface area contributed by atoms with E-state index in [0.717, 1.165) is 0 Å². The van der Waals surface area contributed by atoms with Crippen molar-refractivity contribution in [3.05, 3.63) is 111 Å². The highest BCUT2D eigenvalue weighted by Crippen LogP contribution is 2.42. The summed E-state index contributed by atoms with van der Waals surface area (Å²) in [7, 11) is 0. The lowest BCUT2D eigenvalue weighted by Crippen LogP contribution is -2.29. The minimum atomic E-state index is -0.727. The maximum Gasteiger partial charge on any atom is 0.297 e. The monoisotopic (exact) mass is 467 g/mol. The first-order valence-corrected chi connectivity index (χ1v) is 11.4. The second-order valence-electron chi connectivity index (χ2n) is 7.84. The Labute approximate surface area is 197 Å². The summed E-state index contributed by atoms with van der Waals surface area (Å²) in [5, 5.41) is 9.81. The zero-order valence-electron chi connectivity index (χ0n) is 18.0. The zero-order valence-corrected chi connectivity index (χ0v) is 18.8. The standard InChI is InChI=1S/C26H17N3O4S/c1-15-27-28-26(34-15)29-22(16-8-7-11-18(14-16)32-17-9-3-2-4-10-17)21-23(30)19-12-5-6-13-20(19)33-24(21)25(29)31/h2-14,22H,1H3/t22-/m0/s1. The number of amides is 1. The predicted molar refractivity (Wildman–Crippen MR) is 129 cm³/mol. The van der Waals surface area contributed by atoms with Crippen LogP contribution in [-0.4, -0.2) is 16.1 Å². The van der Waals surface area contributed by atoms with E-state index in [0.29, 0.717) is 38.2 Å². The molecule has 7 nitrogen and oxygen atoms in total. The highest BCUT2D eigenvalue weighted by Gasteiger charge is 2.45. The SMILES string of the molecule is Cc1nnc(N2C(=O)c3oc4ccccc4c(=O)c3[C@@H]2c2cccc(Oc3ccccc3)c2)s1. The molecule has 34 heavy (non-hydrogen) atoms. The summed E-state index contributed by atoms with van der Waals surface area (Å²) in [6.07, 6.45) is 0. The molecule has 8 heteroatoms. The van der Waals surface area contributed by atoms with E-state index in [1.807, 2.05) is 61.5 Å². The van der Waals surface area contributed by atoms with Gasteiger partial charge in [0.05, 0.1) is 17.0 Å². The molecule has 0 aliphatic carbocycles. The summed E-state index contributed by atoms with van der Waals surface area (Å²) in [5.74, 6) is 0.872. The first-order chi connectivity index (χ1) is 16.6. The van der Waals surface area contributed by atoms with Gasteiger partial charge in [-0.25, -0.2) is 0 Å². The minimum absolute atomic E-state index is 0.0240. The van der Waals surface area contributed by atoms with Crippen LogP contribution >= 0.6 is 11.3 Å². The summed E-state index contributed by atoms with van der Waals surface area (Å²) in [6.45, 7) is 1.82. The maximum atomic E-state index is 13.6. The van der Waals surface area contributed by atoms with Crippen molar-refractivity contribution in [3.63, 3.8) is 0 Å². The Morgan fingerprint density at radius 3 is 2.47 bits per heavy atom. The Kier molecular flexibility index (Phi) is 4.74. The van der Waals surface area contributed by atoms with Crippen LogP contribution in [0.25, 0.3) is 11.0 Å². The van der Waals surface area contributed by atoms with Crippen LogP contribution in [0.15, 0.2) is 88.1 Å². The van der Waals surface area contributed by atoms with E-state index in [9.17, 15) is 9.59 Å². The normalized spacial score (nSPS) is 15.0. The number of ether oxygens (including phenoxy) is 1. The number of nitrogens with zero attached hydrogens (tertiary/aromatic N) is 3. The molecule has 1 aliphatic rings. The lowest BCUT2D eigenvalue weighted by molar-refractivity contribution is 0.0970. The summed E-state index contributed by atoms with van der Waals surface area (Å²) in [6, 6.07) is 23.0. The van der Waals surface area contributed by atoms with E-state index in [2.05, 4.69) is 10.2 Å². The van der Waals surface area contributed by atoms with E-state index < -0.39 is 11.9 Å². The number of rotatable bonds is 4. The molecule has 0 N–H and O–H groups in total. The van der Waals surface area contributed by atoms with Gasteiger partial charge in [-0.2, -0.15) is 0 Å². The number of carbonyl (C=O) groups is 1. The van der Waals surface area contributed by atoms with E-state index in [1.165, 1.54) is 16.2 Å². The molecule has 0 radical (unpaired) electrons. The van der Waals surface area contributed by atoms with Crippen LogP contribution in [0.5, 0.6) is 11.5 Å². The fourth-order valence-corrected chi connectivity index (χ4v) is 4.90. The van der Waals surface area contributed by atoms with Crippen LogP contribution in [0, 0.1) is 6.92 Å². The number of fused-ring (bicyclic) bond motifs is 2. The molecule has 0 fully saturated rings. The van der Waals surface area contributed by atoms with Crippen LogP contribution in [0.4, 0.5) is 5.13 Å². The average molecular weight is 468 g/mol. The van der Waals surface area contributed by atoms with Crippen molar-refractivity contribution in [2.45, 2.75) is 13.0 Å². The third-order valence-corrected chi connectivity index (χ3v) is 6.49. The summed E-state index contributed by atoms with van der Waals surface area (Å²) in [4.78, 5) is 28.7. The molecule has 3 heterocycles. The number of carbonyl (C=O) groups excluding carboxylic acids is 1. The van der Waals surface area contributed by atoms with Crippen molar-refractivity contribution in [1.82, 2.24) is 10.2 Å². The third kappa shape index (κ3) is 3.27. The molecule has 6 rings (SSSR count). The molecule has 1 atom stereocenters. The van der Waals surface area contributed by atoms with E-state index in [1.54, 1.807) is 24.3 Å². The van der Waals surface area contributed by atoms with Crippen molar-refractivity contribution < 1.29 is 13.9 Å². The van der Waals surface area contributed by atoms with E-state index in [-0.39, 0.29) is 16.8 Å². The van der Waals surface area contributed by atoms with Crippen molar-refractivity contribution in [2.24, 2.45) is 0 Å². The number of para-hydroxylation sites is 2. The molecule has 0 unspecified atom stereocenters. The summed E-state index contributed by atoms with van der Waals surface area (Å²) >= 11 is 1.28. The molecular weight excluding hydrogens is 450 g/mol. The lowest BCUT2D eigenvalue weighted by atomic mass is 9.98. The molecule has 0 bridgehead atoms. The molecule has 1 amide bonds. The van der Waals surface area contributed by atoms with Crippen molar-refractivity contribution in [3.8, 4) is 11.5 Å². The predicted octanol–water partition coefficient (Wildman–Crippen LogP) is 5.50. The fourth-order valence-electron chi connectivity index (χ4n) is 4.19. The Morgan fingerprint density at radius 1 is 0.912 bits per heavy atom. The molecule has 1 aliphatic heterocycles. The largest absolute Gasteiger partial charge is 0.457 e. The Balaban J connectivity index is 1.55. The van der Waals surface area contributed by atoms with E-state index >= 15 is 0 Å². The first kappa shape index (κ1) is 20.3. The van der Waals surface area contributed by atoms with Gasteiger partial charge in [-0.05, 0) is 48.9 Å². The smallest absolute Gasteiger partial charge is 0.297 e. The van der Waals surface area contributed by atoms with E-state index in [4.69, 9.17) is 9.15 Å². The highest BCUT2D eigenvalue weighted by molar-refractivity contribution is 7.15. The number of aryl methyl sites for hydroxylation is 1. The Bertz CT molecular complexity index is 1610. The number of aromatic nitrogens is 2. The summed E-state index contributed by atoms with van der Waals surface area (Å²) < 4.78 is 12.0. The van der Waals surface area contributed by atoms with Crippen molar-refractivity contribution >= 4 is 33.3 Å². The van der Waals surface area contributed by atoms with Crippen LogP contribution in [0.2, 0.25) is 0 Å². The fraction of sp³-hybridized carbons (Fsp3) is 0.0769. The second-order valence-corrected chi connectivity index (χ2v) is 9.00. The summed E-state index contributed by atoms with van der Waals surface area (Å²) in [5.41, 5.74) is 1.12. The van der Waals surface area contributed by atoms with Crippen molar-refractivity contribution in [1.29, 1.82) is 0 Å². The molecule has 166 valence electrons. The van der Waals surface area contributed by atoms with Crippen LogP contribution < -0.4 is 15.1 Å². The molecule has 5 aromatic rings.